The second-order valence-corrected chi connectivity index (χ2v) is 16.4. The van der Waals surface area contributed by atoms with Crippen LogP contribution in [0.4, 0.5) is 0 Å². The van der Waals surface area contributed by atoms with Crippen LogP contribution in [0.15, 0.2) is 36.5 Å². The maximum absolute atomic E-state index is 2.56. The lowest BCUT2D eigenvalue weighted by molar-refractivity contribution is -0.660. The number of hydrogen-bond acceptors (Lipinski definition) is 0. The molecule has 0 radical (unpaired) electrons. The summed E-state index contributed by atoms with van der Waals surface area (Å²) >= 11 is 0. The molecular weight excluding hydrogens is 366 g/mol. The second-order valence-electron chi connectivity index (χ2n) is 11.0. The summed E-state index contributed by atoms with van der Waals surface area (Å²) in [5.74, 6) is 0.769. The van der Waals surface area contributed by atoms with Gasteiger partial charge in [0.25, 0.3) is 0 Å². The van der Waals surface area contributed by atoms with Crippen molar-refractivity contribution in [2.24, 2.45) is 7.05 Å². The van der Waals surface area contributed by atoms with Crippen molar-refractivity contribution in [1.82, 2.24) is 0 Å². The Bertz CT molecular complexity index is 866. The largest absolute Gasteiger partial charge is 0.212 e. The predicted molar refractivity (Wildman–Crippen MR) is 127 cm³/mol. The van der Waals surface area contributed by atoms with Gasteiger partial charge in [0.2, 0.25) is 5.69 Å². The molecule has 1 nitrogen and oxygen atoms in total. The van der Waals surface area contributed by atoms with Gasteiger partial charge in [-0.1, -0.05) is 63.5 Å². The Labute approximate surface area is 179 Å². The van der Waals surface area contributed by atoms with Crippen LogP contribution in [0, 0.1) is 6.92 Å². The van der Waals surface area contributed by atoms with Gasteiger partial charge in [0, 0.05) is 25.3 Å². The third-order valence-electron chi connectivity index (χ3n) is 8.12. The molecule has 1 aliphatic carbocycles. The van der Waals surface area contributed by atoms with Gasteiger partial charge < -0.3 is 0 Å². The first-order valence-corrected chi connectivity index (χ1v) is 15.3. The third-order valence-corrected chi connectivity index (χ3v) is 11.4. The van der Waals surface area contributed by atoms with E-state index >= 15 is 0 Å². The molecule has 0 amide bonds. The molecule has 0 bridgehead atoms. The summed E-state index contributed by atoms with van der Waals surface area (Å²) in [6.45, 7) is 9.90. The number of benzene rings is 1. The molecule has 0 unspecified atom stereocenters. The van der Waals surface area contributed by atoms with Crippen LogP contribution in [0.3, 0.4) is 0 Å². The predicted octanol–water partition coefficient (Wildman–Crippen LogP) is 7.29. The first kappa shape index (κ1) is 20.8. The monoisotopic (exact) mass is 406 g/mol. The summed E-state index contributed by atoms with van der Waals surface area (Å²) in [5, 5.41) is 0. The first-order chi connectivity index (χ1) is 13.8. The van der Waals surface area contributed by atoms with Crippen molar-refractivity contribution < 1.29 is 4.57 Å². The molecule has 1 aromatic heterocycles. The highest BCUT2D eigenvalue weighted by Gasteiger charge is 2.31. The summed E-state index contributed by atoms with van der Waals surface area (Å²) in [6.07, 6.45) is 12.1. The van der Waals surface area contributed by atoms with E-state index < -0.39 is 8.07 Å². The molecule has 2 fully saturated rings. The van der Waals surface area contributed by atoms with Crippen LogP contribution in [0.2, 0.25) is 25.2 Å². The molecule has 2 aromatic rings. The van der Waals surface area contributed by atoms with E-state index in [1.165, 1.54) is 73.9 Å². The Balaban J connectivity index is 1.57. The van der Waals surface area contributed by atoms with Gasteiger partial charge in [0.1, 0.15) is 7.05 Å². The van der Waals surface area contributed by atoms with Gasteiger partial charge in [-0.05, 0) is 67.2 Å². The smallest absolute Gasteiger partial charge is 0.201 e. The molecule has 2 heteroatoms. The van der Waals surface area contributed by atoms with Gasteiger partial charge in [-0.15, -0.1) is 0 Å². The van der Waals surface area contributed by atoms with Crippen molar-refractivity contribution in [3.63, 3.8) is 0 Å². The highest BCUT2D eigenvalue weighted by Crippen LogP contribution is 2.41. The molecule has 2 heterocycles. The summed E-state index contributed by atoms with van der Waals surface area (Å²) in [7, 11) is 1.35. The van der Waals surface area contributed by atoms with Crippen LogP contribution >= 0.6 is 0 Å². The minimum absolute atomic E-state index is 0.381. The Morgan fingerprint density at radius 2 is 1.66 bits per heavy atom. The summed E-state index contributed by atoms with van der Waals surface area (Å²) < 4.78 is 2.37. The van der Waals surface area contributed by atoms with Crippen LogP contribution in [0.5, 0.6) is 0 Å². The zero-order valence-corrected chi connectivity index (χ0v) is 20.4. The lowest BCUT2D eigenvalue weighted by atomic mass is 9.70. The third kappa shape index (κ3) is 4.38. The highest BCUT2D eigenvalue weighted by molar-refractivity contribution is 6.77. The summed E-state index contributed by atoms with van der Waals surface area (Å²) in [4.78, 5) is 0. The molecule has 4 rings (SSSR count). The summed E-state index contributed by atoms with van der Waals surface area (Å²) in [6, 6.07) is 15.0. The number of pyridine rings is 1. The van der Waals surface area contributed by atoms with Crippen LogP contribution in [-0.4, -0.2) is 8.07 Å². The van der Waals surface area contributed by atoms with Crippen molar-refractivity contribution in [3.8, 4) is 11.3 Å². The normalized spacial score (nSPS) is 21.8. The van der Waals surface area contributed by atoms with Gasteiger partial charge in [0.05, 0.1) is 0 Å². The maximum atomic E-state index is 2.56. The Morgan fingerprint density at radius 3 is 2.28 bits per heavy atom. The zero-order valence-electron chi connectivity index (χ0n) is 19.4. The Hall–Kier alpha value is -1.41. The summed E-state index contributed by atoms with van der Waals surface area (Å²) in [5.41, 5.74) is 7.63. The fraction of sp³-hybridized carbons (Fsp3) is 0.593. The molecule has 1 saturated carbocycles. The topological polar surface area (TPSA) is 3.88 Å². The van der Waals surface area contributed by atoms with E-state index in [0.717, 1.165) is 5.92 Å². The van der Waals surface area contributed by atoms with E-state index in [-0.39, 0.29) is 0 Å². The maximum Gasteiger partial charge on any atom is 0.212 e. The number of rotatable bonds is 3. The van der Waals surface area contributed by atoms with Gasteiger partial charge in [-0.2, -0.15) is 0 Å². The van der Waals surface area contributed by atoms with Crippen molar-refractivity contribution in [1.29, 1.82) is 0 Å². The quantitative estimate of drug-likeness (QED) is 0.372. The standard InChI is InChI=1S/C27H40NSi/c1-21-19-24(27(2)15-7-6-8-16-27)10-11-25(21)26-12-9-23(20-28(26)3)22-13-17-29(4,5)18-14-22/h9-12,19-20,22H,6-8,13-18H2,1-5H3/q+1. The SMILES string of the molecule is Cc1cc(C2(C)CCCCC2)ccc1-c1ccc(C2CC[Si](C)(C)CC2)c[n+]1C. The van der Waals surface area contributed by atoms with Crippen LogP contribution in [0.1, 0.15) is 74.5 Å². The van der Waals surface area contributed by atoms with Gasteiger partial charge in [-0.3, -0.25) is 0 Å². The molecule has 1 aliphatic heterocycles. The van der Waals surface area contributed by atoms with E-state index in [9.17, 15) is 0 Å². The molecule has 0 atom stereocenters. The number of hydrogen-bond donors (Lipinski definition) is 0. The van der Waals surface area contributed by atoms with Crippen molar-refractivity contribution in [2.75, 3.05) is 0 Å². The van der Waals surface area contributed by atoms with Crippen molar-refractivity contribution >= 4 is 8.07 Å². The minimum Gasteiger partial charge on any atom is -0.201 e. The Morgan fingerprint density at radius 1 is 0.966 bits per heavy atom. The molecular formula is C27H40NSi+. The lowest BCUT2D eigenvalue weighted by Crippen LogP contribution is -2.34. The first-order valence-electron chi connectivity index (χ1n) is 11.9. The number of aryl methyl sites for hydroxylation is 2. The van der Waals surface area contributed by atoms with Crippen LogP contribution in [0.25, 0.3) is 11.3 Å². The van der Waals surface area contributed by atoms with Crippen LogP contribution in [-0.2, 0) is 12.5 Å². The molecule has 156 valence electrons. The van der Waals surface area contributed by atoms with E-state index in [4.69, 9.17) is 0 Å². The Kier molecular flexibility index (Phi) is 5.76. The number of aromatic nitrogens is 1. The van der Waals surface area contributed by atoms with Crippen molar-refractivity contribution in [3.05, 3.63) is 53.2 Å². The molecule has 0 spiro atoms. The molecule has 0 N–H and O–H groups in total. The average molecular weight is 407 g/mol. The molecule has 2 aliphatic rings. The zero-order chi connectivity index (χ0) is 20.6. The van der Waals surface area contributed by atoms with E-state index in [0.29, 0.717) is 5.41 Å². The van der Waals surface area contributed by atoms with E-state index in [2.05, 4.69) is 75.1 Å². The van der Waals surface area contributed by atoms with Crippen molar-refractivity contribution in [2.45, 2.75) is 95.3 Å². The van der Waals surface area contributed by atoms with Gasteiger partial charge >= 0.3 is 0 Å². The average Bonchev–Trinajstić information content (AvgIpc) is 2.69. The van der Waals surface area contributed by atoms with E-state index in [1.54, 1.807) is 11.1 Å². The second kappa shape index (κ2) is 8.02. The minimum atomic E-state index is -0.883. The lowest BCUT2D eigenvalue weighted by Gasteiger charge is -2.34. The van der Waals surface area contributed by atoms with Crippen LogP contribution < -0.4 is 4.57 Å². The van der Waals surface area contributed by atoms with E-state index in [1.807, 2.05) is 0 Å². The highest BCUT2D eigenvalue weighted by atomic mass is 28.3. The van der Waals surface area contributed by atoms with Gasteiger partial charge in [0.15, 0.2) is 6.20 Å². The van der Waals surface area contributed by atoms with Gasteiger partial charge in [-0.25, -0.2) is 4.57 Å². The molecule has 1 saturated heterocycles. The fourth-order valence-corrected chi connectivity index (χ4v) is 8.34. The fourth-order valence-electron chi connectivity index (χ4n) is 5.83. The molecule has 29 heavy (non-hydrogen) atoms. The number of nitrogens with zero attached hydrogens (tertiary/aromatic N) is 1. The molecule has 1 aromatic carbocycles.